The van der Waals surface area contributed by atoms with Crippen molar-refractivity contribution >= 4 is 17.2 Å². The number of hydrogen-bond acceptors (Lipinski definition) is 5. The van der Waals surface area contributed by atoms with Gasteiger partial charge in [-0.25, -0.2) is 0 Å². The number of benzene rings is 1. The number of aromatic amines is 1. The number of carbonyl (C=O) groups is 1. The largest absolute Gasteiger partial charge is 0.494 e. The number of nitrogens with zero attached hydrogens (tertiary/aromatic N) is 2. The molecule has 1 atom stereocenters. The number of methoxy groups -OCH3 is 1. The monoisotopic (exact) mass is 397 g/mol. The summed E-state index contributed by atoms with van der Waals surface area (Å²) in [5, 5.41) is 9.52. The van der Waals surface area contributed by atoms with E-state index in [-0.39, 0.29) is 11.9 Å². The molecular formula is C21H23N3O3S. The number of fused-ring (bicyclic) bond motifs is 1. The van der Waals surface area contributed by atoms with Gasteiger partial charge < -0.3 is 14.4 Å². The number of amides is 1. The quantitative estimate of drug-likeness (QED) is 0.581. The number of nitrogens with one attached hydrogen (secondary N) is 1. The molecule has 7 heteroatoms. The number of ether oxygens (including phenoxy) is 2. The Balaban J connectivity index is 1.73. The minimum atomic E-state index is -0.125. The summed E-state index contributed by atoms with van der Waals surface area (Å²) < 4.78 is 10.7. The van der Waals surface area contributed by atoms with E-state index in [1.807, 2.05) is 47.5 Å². The third kappa shape index (κ3) is 3.31. The van der Waals surface area contributed by atoms with Crippen LogP contribution in [0.2, 0.25) is 0 Å². The van der Waals surface area contributed by atoms with Crippen LogP contribution >= 0.6 is 11.3 Å². The Morgan fingerprint density at radius 1 is 1.25 bits per heavy atom. The molecule has 0 fully saturated rings. The van der Waals surface area contributed by atoms with Crippen LogP contribution in [0.25, 0.3) is 11.3 Å². The van der Waals surface area contributed by atoms with Crippen molar-refractivity contribution in [1.82, 2.24) is 15.1 Å². The van der Waals surface area contributed by atoms with E-state index < -0.39 is 0 Å². The summed E-state index contributed by atoms with van der Waals surface area (Å²) in [4.78, 5) is 16.1. The molecule has 1 N–H and O–H groups in total. The van der Waals surface area contributed by atoms with Crippen molar-refractivity contribution in [3.05, 3.63) is 57.9 Å². The van der Waals surface area contributed by atoms with Crippen molar-refractivity contribution in [3.8, 4) is 17.0 Å². The Labute approximate surface area is 168 Å². The molecule has 1 unspecified atom stereocenters. The number of carbonyl (C=O) groups excluding carboxylic acids is 1. The zero-order valence-electron chi connectivity index (χ0n) is 16.0. The van der Waals surface area contributed by atoms with Crippen LogP contribution in [0.3, 0.4) is 0 Å². The smallest absolute Gasteiger partial charge is 0.273 e. The second-order valence-corrected chi connectivity index (χ2v) is 7.56. The molecule has 0 saturated carbocycles. The van der Waals surface area contributed by atoms with Crippen LogP contribution in [-0.2, 0) is 4.74 Å². The lowest BCUT2D eigenvalue weighted by Gasteiger charge is -2.25. The van der Waals surface area contributed by atoms with Gasteiger partial charge in [-0.05, 0) is 49.1 Å². The fraction of sp³-hybridized carbons (Fsp3) is 0.333. The second kappa shape index (κ2) is 8.16. The molecule has 28 heavy (non-hydrogen) atoms. The van der Waals surface area contributed by atoms with Crippen LogP contribution in [0.1, 0.15) is 40.3 Å². The number of hydrogen-bond donors (Lipinski definition) is 1. The van der Waals surface area contributed by atoms with Crippen LogP contribution in [0.15, 0.2) is 41.8 Å². The topological polar surface area (TPSA) is 67.4 Å². The molecule has 146 valence electrons. The predicted octanol–water partition coefficient (Wildman–Crippen LogP) is 4.12. The summed E-state index contributed by atoms with van der Waals surface area (Å²) in [6, 6.07) is 11.8. The normalized spacial score (nSPS) is 15.9. The number of thiophene rings is 1. The van der Waals surface area contributed by atoms with Gasteiger partial charge in [-0.1, -0.05) is 6.07 Å². The number of H-pyrrole nitrogens is 1. The van der Waals surface area contributed by atoms with Gasteiger partial charge in [-0.15, -0.1) is 11.3 Å². The predicted molar refractivity (Wildman–Crippen MR) is 109 cm³/mol. The Bertz CT molecular complexity index is 934. The van der Waals surface area contributed by atoms with E-state index in [9.17, 15) is 4.79 Å². The van der Waals surface area contributed by atoms with Crippen molar-refractivity contribution in [3.63, 3.8) is 0 Å². The number of aromatic nitrogens is 2. The third-order valence-corrected chi connectivity index (χ3v) is 5.79. The van der Waals surface area contributed by atoms with Gasteiger partial charge in [-0.2, -0.15) is 5.10 Å². The molecule has 0 spiro atoms. The first-order valence-corrected chi connectivity index (χ1v) is 10.3. The summed E-state index contributed by atoms with van der Waals surface area (Å²) in [6.45, 7) is 3.85. The van der Waals surface area contributed by atoms with E-state index in [4.69, 9.17) is 9.47 Å². The van der Waals surface area contributed by atoms with Crippen LogP contribution in [0.5, 0.6) is 5.75 Å². The minimum Gasteiger partial charge on any atom is -0.494 e. The SMILES string of the molecule is CCOc1ccc(-c2n[nH]c3c2C(c2cccs2)N(CCCOC)C3=O)cc1. The molecule has 1 aliphatic rings. The highest BCUT2D eigenvalue weighted by molar-refractivity contribution is 7.10. The van der Waals surface area contributed by atoms with Crippen LogP contribution in [0.4, 0.5) is 0 Å². The molecule has 1 aromatic carbocycles. The molecule has 6 nitrogen and oxygen atoms in total. The molecular weight excluding hydrogens is 374 g/mol. The second-order valence-electron chi connectivity index (χ2n) is 6.58. The Morgan fingerprint density at radius 3 is 2.75 bits per heavy atom. The average Bonchev–Trinajstić information content (AvgIpc) is 3.42. The van der Waals surface area contributed by atoms with E-state index >= 15 is 0 Å². The van der Waals surface area contributed by atoms with Gasteiger partial charge in [0, 0.05) is 36.3 Å². The van der Waals surface area contributed by atoms with Gasteiger partial charge in [0.25, 0.3) is 5.91 Å². The summed E-state index contributed by atoms with van der Waals surface area (Å²) >= 11 is 1.66. The van der Waals surface area contributed by atoms with E-state index in [0.717, 1.165) is 33.9 Å². The zero-order chi connectivity index (χ0) is 19.5. The Kier molecular flexibility index (Phi) is 5.45. The van der Waals surface area contributed by atoms with Crippen LogP contribution < -0.4 is 4.74 Å². The van der Waals surface area contributed by atoms with E-state index in [1.54, 1.807) is 18.4 Å². The first-order chi connectivity index (χ1) is 13.7. The van der Waals surface area contributed by atoms with E-state index in [2.05, 4.69) is 16.3 Å². The Hall–Kier alpha value is -2.64. The fourth-order valence-electron chi connectivity index (χ4n) is 3.64. The molecule has 1 aliphatic heterocycles. The minimum absolute atomic E-state index is 0.00538. The highest BCUT2D eigenvalue weighted by atomic mass is 32.1. The van der Waals surface area contributed by atoms with Gasteiger partial charge in [0.1, 0.15) is 11.4 Å². The van der Waals surface area contributed by atoms with Gasteiger partial charge in [-0.3, -0.25) is 9.89 Å². The lowest BCUT2D eigenvalue weighted by molar-refractivity contribution is 0.0725. The van der Waals surface area contributed by atoms with Gasteiger partial charge in [0.05, 0.1) is 18.3 Å². The van der Waals surface area contributed by atoms with Crippen molar-refractivity contribution in [2.75, 3.05) is 26.9 Å². The van der Waals surface area contributed by atoms with Gasteiger partial charge >= 0.3 is 0 Å². The maximum absolute atomic E-state index is 13.1. The molecule has 4 rings (SSSR count). The first kappa shape index (κ1) is 18.7. The maximum atomic E-state index is 13.1. The highest BCUT2D eigenvalue weighted by Gasteiger charge is 2.42. The van der Waals surface area contributed by atoms with E-state index in [1.165, 1.54) is 0 Å². The van der Waals surface area contributed by atoms with Crippen LogP contribution in [-0.4, -0.2) is 47.9 Å². The standard InChI is InChI=1S/C21H23N3O3S/c1-3-27-15-9-7-14(8-10-15)18-17-19(23-22-18)21(25)24(11-5-12-26-2)20(17)16-6-4-13-28-16/h4,6-10,13,20H,3,5,11-12H2,1-2H3,(H,22,23). The van der Waals surface area contributed by atoms with Crippen molar-refractivity contribution in [2.24, 2.45) is 0 Å². The Morgan fingerprint density at radius 2 is 2.07 bits per heavy atom. The lowest BCUT2D eigenvalue weighted by Crippen LogP contribution is -2.30. The molecule has 3 heterocycles. The molecule has 3 aromatic rings. The molecule has 0 saturated heterocycles. The van der Waals surface area contributed by atoms with Crippen LogP contribution in [0, 0.1) is 0 Å². The maximum Gasteiger partial charge on any atom is 0.273 e. The fourth-order valence-corrected chi connectivity index (χ4v) is 4.49. The summed E-state index contributed by atoms with van der Waals surface area (Å²) in [7, 11) is 1.68. The van der Waals surface area contributed by atoms with Crippen molar-refractivity contribution in [2.45, 2.75) is 19.4 Å². The highest BCUT2D eigenvalue weighted by Crippen LogP contribution is 2.44. The molecule has 0 radical (unpaired) electrons. The lowest BCUT2D eigenvalue weighted by atomic mass is 10.0. The van der Waals surface area contributed by atoms with Gasteiger partial charge in [0.15, 0.2) is 0 Å². The number of rotatable bonds is 8. The molecule has 1 amide bonds. The molecule has 0 bridgehead atoms. The van der Waals surface area contributed by atoms with E-state index in [0.29, 0.717) is 25.5 Å². The first-order valence-electron chi connectivity index (χ1n) is 9.39. The van der Waals surface area contributed by atoms with Crippen molar-refractivity contribution in [1.29, 1.82) is 0 Å². The van der Waals surface area contributed by atoms with Crippen molar-refractivity contribution < 1.29 is 14.3 Å². The third-order valence-electron chi connectivity index (χ3n) is 4.86. The summed E-state index contributed by atoms with van der Waals surface area (Å²) in [6.07, 6.45) is 0.792. The summed E-state index contributed by atoms with van der Waals surface area (Å²) in [5.41, 5.74) is 3.32. The summed E-state index contributed by atoms with van der Waals surface area (Å²) in [5.74, 6) is 0.819. The van der Waals surface area contributed by atoms with Gasteiger partial charge in [0.2, 0.25) is 0 Å². The average molecular weight is 398 g/mol. The molecule has 0 aliphatic carbocycles. The molecule has 2 aromatic heterocycles. The zero-order valence-corrected chi connectivity index (χ0v) is 16.8.